The Bertz CT molecular complexity index is 1020. The summed E-state index contributed by atoms with van der Waals surface area (Å²) in [5.74, 6) is 0.403. The Balaban J connectivity index is 1.89. The molecule has 0 saturated carbocycles. The highest BCUT2D eigenvalue weighted by Gasteiger charge is 2.26. The molecule has 0 saturated heterocycles. The summed E-state index contributed by atoms with van der Waals surface area (Å²) in [6.45, 7) is 5.02. The Hall–Kier alpha value is -3.00. The van der Waals surface area contributed by atoms with Crippen molar-refractivity contribution in [2.24, 2.45) is 0 Å². The third-order valence-electron chi connectivity index (χ3n) is 4.47. The lowest BCUT2D eigenvalue weighted by Crippen LogP contribution is -2.21. The van der Waals surface area contributed by atoms with E-state index in [0.29, 0.717) is 29.7 Å². The van der Waals surface area contributed by atoms with Crippen molar-refractivity contribution in [3.05, 3.63) is 70.6 Å². The molecule has 1 heterocycles. The number of aromatic nitrogens is 3. The van der Waals surface area contributed by atoms with Gasteiger partial charge in [-0.2, -0.15) is 0 Å². The first-order chi connectivity index (χ1) is 14.6. The highest BCUT2D eigenvalue weighted by atomic mass is 32.2. The van der Waals surface area contributed by atoms with Gasteiger partial charge in [0.15, 0.2) is 5.16 Å². The van der Waals surface area contributed by atoms with Crippen LogP contribution in [0, 0.1) is 0 Å². The number of nitrogens with zero attached hydrogens (tertiary/aromatic N) is 2. The number of aromatic amines is 1. The van der Waals surface area contributed by atoms with Crippen molar-refractivity contribution in [3.63, 3.8) is 0 Å². The van der Waals surface area contributed by atoms with Gasteiger partial charge in [-0.05, 0) is 31.0 Å². The minimum absolute atomic E-state index is 0.212. The number of anilines is 1. The van der Waals surface area contributed by atoms with E-state index in [0.717, 1.165) is 18.4 Å². The molecule has 2 aromatic carbocycles. The number of unbranched alkanes of at least 4 members (excludes halogenated alkanes) is 1. The number of carbonyl (C=O) groups excluding carboxylic acids is 1. The van der Waals surface area contributed by atoms with E-state index in [1.165, 1.54) is 11.8 Å². The Morgan fingerprint density at radius 1 is 1.17 bits per heavy atom. The maximum atomic E-state index is 13.3. The summed E-state index contributed by atoms with van der Waals surface area (Å²) in [4.78, 5) is 25.4. The number of hydrogen-bond donors (Lipinski definition) is 2. The van der Waals surface area contributed by atoms with Crippen LogP contribution < -0.4 is 15.7 Å². The van der Waals surface area contributed by atoms with Crippen molar-refractivity contribution in [1.82, 2.24) is 14.8 Å². The Labute approximate surface area is 179 Å². The number of amides is 1. The van der Waals surface area contributed by atoms with Crippen LogP contribution in [0.25, 0.3) is 0 Å². The molecule has 0 aliphatic carbocycles. The number of nitrogens with one attached hydrogen (secondary N) is 2. The number of H-pyrrole nitrogens is 1. The molecule has 1 atom stereocenters. The van der Waals surface area contributed by atoms with Gasteiger partial charge in [-0.3, -0.25) is 9.36 Å². The molecule has 158 valence electrons. The van der Waals surface area contributed by atoms with Crippen LogP contribution in [0.3, 0.4) is 0 Å². The second kappa shape index (κ2) is 10.7. The second-order valence-corrected chi connectivity index (χ2v) is 7.72. The van der Waals surface area contributed by atoms with E-state index in [4.69, 9.17) is 4.74 Å². The largest absolute Gasteiger partial charge is 0.492 e. The smallest absolute Gasteiger partial charge is 0.343 e. The molecule has 8 heteroatoms. The van der Waals surface area contributed by atoms with Gasteiger partial charge in [-0.1, -0.05) is 67.6 Å². The van der Waals surface area contributed by atoms with Crippen molar-refractivity contribution in [2.45, 2.75) is 43.6 Å². The number of para-hydroxylation sites is 2. The third-order valence-corrected chi connectivity index (χ3v) is 5.71. The normalized spacial score (nSPS) is 11.8. The highest BCUT2D eigenvalue weighted by molar-refractivity contribution is 8.00. The highest BCUT2D eigenvalue weighted by Crippen LogP contribution is 2.36. The molecule has 0 spiro atoms. The van der Waals surface area contributed by atoms with Gasteiger partial charge in [0.2, 0.25) is 5.91 Å². The topological polar surface area (TPSA) is 89.0 Å². The molecule has 1 amide bonds. The van der Waals surface area contributed by atoms with Crippen LogP contribution in [-0.2, 0) is 11.3 Å². The molecule has 0 radical (unpaired) electrons. The van der Waals surface area contributed by atoms with Crippen molar-refractivity contribution < 1.29 is 9.53 Å². The molecule has 1 aromatic heterocycles. The van der Waals surface area contributed by atoms with Crippen LogP contribution in [0.5, 0.6) is 5.75 Å². The number of rotatable bonds is 10. The first kappa shape index (κ1) is 21.7. The Morgan fingerprint density at radius 2 is 1.90 bits per heavy atom. The zero-order valence-electron chi connectivity index (χ0n) is 17.1. The molecule has 0 bridgehead atoms. The third kappa shape index (κ3) is 5.33. The van der Waals surface area contributed by atoms with Crippen molar-refractivity contribution in [2.75, 3.05) is 11.9 Å². The summed E-state index contributed by atoms with van der Waals surface area (Å²) >= 11 is 1.25. The minimum Gasteiger partial charge on any atom is -0.492 e. The van der Waals surface area contributed by atoms with E-state index in [2.05, 4.69) is 22.4 Å². The van der Waals surface area contributed by atoms with E-state index < -0.39 is 5.25 Å². The average molecular weight is 427 g/mol. The summed E-state index contributed by atoms with van der Waals surface area (Å²) < 4.78 is 7.21. The molecule has 1 unspecified atom stereocenters. The predicted molar refractivity (Wildman–Crippen MR) is 119 cm³/mol. The van der Waals surface area contributed by atoms with Crippen molar-refractivity contribution in [1.29, 1.82) is 0 Å². The van der Waals surface area contributed by atoms with Crippen LogP contribution in [0.2, 0.25) is 0 Å². The molecule has 3 aromatic rings. The summed E-state index contributed by atoms with van der Waals surface area (Å²) in [5, 5.41) is 9.54. The number of hydrogen-bond acceptors (Lipinski definition) is 5. The standard InChI is InChI=1S/C22H26N4O3S/c1-3-5-15-26-21(28)24-25-22(26)30-19(16-11-7-6-8-12-16)20(27)23-17-13-9-10-14-18(17)29-4-2/h6-14,19H,3-5,15H2,1-2H3,(H,23,27)(H,24,28). The zero-order valence-corrected chi connectivity index (χ0v) is 17.9. The lowest BCUT2D eigenvalue weighted by Gasteiger charge is -2.18. The summed E-state index contributed by atoms with van der Waals surface area (Å²) in [6.07, 6.45) is 1.81. The number of carbonyl (C=O) groups is 1. The van der Waals surface area contributed by atoms with Gasteiger partial charge >= 0.3 is 5.69 Å². The van der Waals surface area contributed by atoms with Crippen LogP contribution in [-0.4, -0.2) is 27.3 Å². The monoisotopic (exact) mass is 426 g/mol. The van der Waals surface area contributed by atoms with Gasteiger partial charge in [0.1, 0.15) is 11.0 Å². The van der Waals surface area contributed by atoms with Crippen LogP contribution in [0.1, 0.15) is 37.5 Å². The SMILES string of the molecule is CCCCn1c(SC(C(=O)Nc2ccccc2OCC)c2ccccc2)n[nH]c1=O. The molecule has 0 aliphatic heterocycles. The molecule has 0 aliphatic rings. The summed E-state index contributed by atoms with van der Waals surface area (Å²) in [7, 11) is 0. The molecular formula is C22H26N4O3S. The maximum absolute atomic E-state index is 13.3. The van der Waals surface area contributed by atoms with Crippen molar-refractivity contribution in [3.8, 4) is 5.75 Å². The molecule has 2 N–H and O–H groups in total. The summed E-state index contributed by atoms with van der Waals surface area (Å²) in [5.41, 5.74) is 1.17. The van der Waals surface area contributed by atoms with Gasteiger partial charge in [-0.25, -0.2) is 9.89 Å². The van der Waals surface area contributed by atoms with E-state index in [9.17, 15) is 9.59 Å². The lowest BCUT2D eigenvalue weighted by atomic mass is 10.1. The van der Waals surface area contributed by atoms with Crippen LogP contribution in [0.4, 0.5) is 5.69 Å². The minimum atomic E-state index is -0.587. The van der Waals surface area contributed by atoms with Crippen LogP contribution in [0.15, 0.2) is 64.5 Å². The first-order valence-corrected chi connectivity index (χ1v) is 10.9. The van der Waals surface area contributed by atoms with Gasteiger partial charge in [-0.15, -0.1) is 5.10 Å². The molecule has 3 rings (SSSR count). The lowest BCUT2D eigenvalue weighted by molar-refractivity contribution is -0.115. The number of benzene rings is 2. The molecule has 30 heavy (non-hydrogen) atoms. The summed E-state index contributed by atoms with van der Waals surface area (Å²) in [6, 6.07) is 16.8. The van der Waals surface area contributed by atoms with E-state index >= 15 is 0 Å². The second-order valence-electron chi connectivity index (χ2n) is 6.64. The van der Waals surface area contributed by atoms with Gasteiger partial charge in [0.05, 0.1) is 12.3 Å². The molecule has 0 fully saturated rings. The Morgan fingerprint density at radius 3 is 2.63 bits per heavy atom. The fraction of sp³-hybridized carbons (Fsp3) is 0.318. The van der Waals surface area contributed by atoms with Crippen LogP contribution >= 0.6 is 11.8 Å². The molecular weight excluding hydrogens is 400 g/mol. The first-order valence-electron chi connectivity index (χ1n) is 10.0. The molecule has 7 nitrogen and oxygen atoms in total. The van der Waals surface area contributed by atoms with E-state index in [1.54, 1.807) is 10.6 Å². The van der Waals surface area contributed by atoms with E-state index in [1.807, 2.05) is 55.5 Å². The fourth-order valence-electron chi connectivity index (χ4n) is 2.96. The number of thioether (sulfide) groups is 1. The fourth-order valence-corrected chi connectivity index (χ4v) is 4.03. The maximum Gasteiger partial charge on any atom is 0.343 e. The van der Waals surface area contributed by atoms with E-state index in [-0.39, 0.29) is 11.6 Å². The number of ether oxygens (including phenoxy) is 1. The quantitative estimate of drug-likeness (QED) is 0.473. The van der Waals surface area contributed by atoms with Gasteiger partial charge in [0.25, 0.3) is 0 Å². The zero-order chi connectivity index (χ0) is 21.3. The predicted octanol–water partition coefficient (Wildman–Crippen LogP) is 4.24. The Kier molecular flexibility index (Phi) is 7.73. The average Bonchev–Trinajstić information content (AvgIpc) is 3.11. The van der Waals surface area contributed by atoms with Gasteiger partial charge < -0.3 is 10.1 Å². The van der Waals surface area contributed by atoms with Gasteiger partial charge in [0, 0.05) is 6.54 Å². The van der Waals surface area contributed by atoms with Crippen molar-refractivity contribution >= 4 is 23.4 Å².